The summed E-state index contributed by atoms with van der Waals surface area (Å²) >= 11 is 1.36. The molecule has 0 aliphatic heterocycles. The van der Waals surface area contributed by atoms with Gasteiger partial charge in [0.1, 0.15) is 11.9 Å². The number of benzene rings is 1. The quantitative estimate of drug-likeness (QED) is 0.514. The molecule has 2 heterocycles. The molecule has 1 aromatic carbocycles. The molecule has 3 rings (SSSR count). The van der Waals surface area contributed by atoms with Gasteiger partial charge in [0, 0.05) is 11.9 Å². The molecular formula is C16H19N5O3S. The topological polar surface area (TPSA) is 84.9 Å². The molecule has 0 bridgehead atoms. The highest BCUT2D eigenvalue weighted by molar-refractivity contribution is 7.15. The molecule has 0 amide bonds. The lowest BCUT2D eigenvalue weighted by molar-refractivity contribution is -0.389. The molecule has 0 spiro atoms. The first-order valence-electron chi connectivity index (χ1n) is 7.65. The number of anilines is 1. The predicted molar refractivity (Wildman–Crippen MR) is 97.6 cm³/mol. The summed E-state index contributed by atoms with van der Waals surface area (Å²) in [5.74, 6) is 1.02. The van der Waals surface area contributed by atoms with Gasteiger partial charge in [0.2, 0.25) is 5.82 Å². The molecule has 0 aliphatic rings. The van der Waals surface area contributed by atoms with Crippen LogP contribution in [0.2, 0.25) is 0 Å². The van der Waals surface area contributed by atoms with Crippen molar-refractivity contribution in [2.45, 2.75) is 6.04 Å². The first-order valence-corrected chi connectivity index (χ1v) is 8.53. The highest BCUT2D eigenvalue weighted by atomic mass is 32.1. The molecule has 1 N–H and O–H groups in total. The minimum Gasteiger partial charge on any atom is -0.497 e. The van der Waals surface area contributed by atoms with Gasteiger partial charge >= 0.3 is 5.82 Å². The monoisotopic (exact) mass is 361 g/mol. The van der Waals surface area contributed by atoms with Crippen molar-refractivity contribution in [3.63, 3.8) is 0 Å². The molecule has 2 aromatic heterocycles. The number of rotatable bonds is 7. The number of methoxy groups -OCH3 is 1. The predicted octanol–water partition coefficient (Wildman–Crippen LogP) is 3.03. The zero-order chi connectivity index (χ0) is 18.0. The number of aromatic nitrogens is 2. The normalized spacial score (nSPS) is 12.5. The molecule has 9 heteroatoms. The summed E-state index contributed by atoms with van der Waals surface area (Å²) in [5, 5.41) is 16.3. The van der Waals surface area contributed by atoms with E-state index in [1.807, 2.05) is 43.3 Å². The number of likely N-dealkylation sites (N-methyl/N-ethyl adjacent to an activating group) is 1. The molecule has 0 fully saturated rings. The van der Waals surface area contributed by atoms with E-state index in [0.29, 0.717) is 11.5 Å². The molecule has 0 aliphatic carbocycles. The SMILES string of the molecule is COc1cccc(C(CNc2nc3sccn3c2[N+](=O)[O-])N(C)C)c1. The lowest BCUT2D eigenvalue weighted by Crippen LogP contribution is -2.27. The zero-order valence-electron chi connectivity index (χ0n) is 14.2. The van der Waals surface area contributed by atoms with Crippen LogP contribution in [0.4, 0.5) is 11.6 Å². The average Bonchev–Trinajstić information content (AvgIpc) is 3.15. The fourth-order valence-electron chi connectivity index (χ4n) is 2.71. The molecule has 25 heavy (non-hydrogen) atoms. The molecule has 0 saturated heterocycles. The number of thiazole rings is 1. The van der Waals surface area contributed by atoms with Gasteiger partial charge in [-0.25, -0.2) is 0 Å². The summed E-state index contributed by atoms with van der Waals surface area (Å²) in [6.07, 6.45) is 1.65. The first-order chi connectivity index (χ1) is 12.0. The van der Waals surface area contributed by atoms with Crippen LogP contribution < -0.4 is 10.1 Å². The van der Waals surface area contributed by atoms with E-state index < -0.39 is 4.92 Å². The number of hydrogen-bond acceptors (Lipinski definition) is 7. The molecule has 0 saturated carbocycles. The Kier molecular flexibility index (Phi) is 4.86. The lowest BCUT2D eigenvalue weighted by Gasteiger charge is -2.25. The van der Waals surface area contributed by atoms with Gasteiger partial charge in [-0.1, -0.05) is 23.5 Å². The Morgan fingerprint density at radius 1 is 1.48 bits per heavy atom. The van der Waals surface area contributed by atoms with Gasteiger partial charge in [-0.3, -0.25) is 0 Å². The third-order valence-electron chi connectivity index (χ3n) is 3.97. The average molecular weight is 361 g/mol. The van der Waals surface area contributed by atoms with E-state index in [-0.39, 0.29) is 17.7 Å². The Hall–Kier alpha value is -2.65. The van der Waals surface area contributed by atoms with Crippen LogP contribution in [-0.2, 0) is 0 Å². The van der Waals surface area contributed by atoms with Crippen molar-refractivity contribution in [3.8, 4) is 5.75 Å². The van der Waals surface area contributed by atoms with E-state index >= 15 is 0 Å². The van der Waals surface area contributed by atoms with Crippen LogP contribution in [0.15, 0.2) is 35.8 Å². The maximum Gasteiger partial charge on any atom is 0.372 e. The summed E-state index contributed by atoms with van der Waals surface area (Å²) in [5.41, 5.74) is 1.06. The standard InChI is InChI=1S/C16H19N5O3S/c1-19(2)13(11-5-4-6-12(9-11)24-3)10-17-14-15(21(22)23)20-7-8-25-16(20)18-14/h4-9,13,17H,10H2,1-3H3. The highest BCUT2D eigenvalue weighted by Crippen LogP contribution is 2.29. The van der Waals surface area contributed by atoms with E-state index in [1.165, 1.54) is 15.7 Å². The summed E-state index contributed by atoms with van der Waals surface area (Å²) < 4.78 is 6.77. The van der Waals surface area contributed by atoms with Crippen LogP contribution in [0, 0.1) is 10.1 Å². The first kappa shape index (κ1) is 17.2. The third kappa shape index (κ3) is 3.42. The second-order valence-corrected chi connectivity index (χ2v) is 6.61. The maximum atomic E-state index is 11.4. The van der Waals surface area contributed by atoms with Gasteiger partial charge in [-0.2, -0.15) is 9.38 Å². The molecule has 8 nitrogen and oxygen atoms in total. The Balaban J connectivity index is 1.86. The molecule has 132 valence electrons. The second-order valence-electron chi connectivity index (χ2n) is 5.73. The summed E-state index contributed by atoms with van der Waals surface area (Å²) in [6.45, 7) is 0.478. The minimum atomic E-state index is -0.411. The van der Waals surface area contributed by atoms with Crippen molar-refractivity contribution in [1.29, 1.82) is 0 Å². The summed E-state index contributed by atoms with van der Waals surface area (Å²) in [6, 6.07) is 7.80. The third-order valence-corrected chi connectivity index (χ3v) is 4.73. The van der Waals surface area contributed by atoms with Gasteiger partial charge in [-0.05, 0) is 36.7 Å². The van der Waals surface area contributed by atoms with Crippen LogP contribution in [0.25, 0.3) is 4.96 Å². The van der Waals surface area contributed by atoms with E-state index in [0.717, 1.165) is 11.3 Å². The smallest absolute Gasteiger partial charge is 0.372 e. The Morgan fingerprint density at radius 3 is 2.96 bits per heavy atom. The number of hydrogen-bond donors (Lipinski definition) is 1. The largest absolute Gasteiger partial charge is 0.497 e. The minimum absolute atomic E-state index is 0.00874. The Bertz CT molecular complexity index is 889. The fourth-order valence-corrected chi connectivity index (χ4v) is 3.42. The van der Waals surface area contributed by atoms with E-state index in [2.05, 4.69) is 10.3 Å². The maximum absolute atomic E-state index is 11.4. The zero-order valence-corrected chi connectivity index (χ0v) is 15.0. The summed E-state index contributed by atoms with van der Waals surface area (Å²) in [7, 11) is 5.56. The van der Waals surface area contributed by atoms with Gasteiger partial charge in [0.25, 0.3) is 4.96 Å². The molecule has 3 aromatic rings. The van der Waals surface area contributed by atoms with Crippen LogP contribution in [0.1, 0.15) is 11.6 Å². The summed E-state index contributed by atoms with van der Waals surface area (Å²) in [4.78, 5) is 18.0. The highest BCUT2D eigenvalue weighted by Gasteiger charge is 2.25. The van der Waals surface area contributed by atoms with Gasteiger partial charge in [0.15, 0.2) is 0 Å². The fraction of sp³-hybridized carbons (Fsp3) is 0.312. The lowest BCUT2D eigenvalue weighted by atomic mass is 10.1. The Morgan fingerprint density at radius 2 is 2.28 bits per heavy atom. The number of fused-ring (bicyclic) bond motifs is 1. The van der Waals surface area contributed by atoms with Crippen LogP contribution in [0.5, 0.6) is 5.75 Å². The van der Waals surface area contributed by atoms with E-state index in [1.54, 1.807) is 18.7 Å². The van der Waals surface area contributed by atoms with Crippen LogP contribution >= 0.6 is 11.3 Å². The van der Waals surface area contributed by atoms with E-state index in [9.17, 15) is 10.1 Å². The van der Waals surface area contributed by atoms with E-state index in [4.69, 9.17) is 4.74 Å². The number of ether oxygens (including phenoxy) is 1. The van der Waals surface area contributed by atoms with Gasteiger partial charge in [-0.15, -0.1) is 0 Å². The number of nitrogens with zero attached hydrogens (tertiary/aromatic N) is 4. The number of nitro groups is 1. The van der Waals surface area contributed by atoms with Crippen molar-refractivity contribution in [2.24, 2.45) is 0 Å². The van der Waals surface area contributed by atoms with Crippen molar-refractivity contribution in [3.05, 3.63) is 51.5 Å². The van der Waals surface area contributed by atoms with Crippen molar-refractivity contribution in [2.75, 3.05) is 33.1 Å². The molecule has 0 radical (unpaired) electrons. The molecule has 1 atom stereocenters. The number of imidazole rings is 1. The van der Waals surface area contributed by atoms with Crippen molar-refractivity contribution in [1.82, 2.24) is 14.3 Å². The van der Waals surface area contributed by atoms with Crippen molar-refractivity contribution < 1.29 is 9.66 Å². The van der Waals surface area contributed by atoms with Gasteiger partial charge in [0.05, 0.1) is 13.2 Å². The molecule has 1 unspecified atom stereocenters. The van der Waals surface area contributed by atoms with Gasteiger partial charge < -0.3 is 25.1 Å². The number of nitrogens with one attached hydrogen (secondary N) is 1. The van der Waals surface area contributed by atoms with Crippen LogP contribution in [-0.4, -0.2) is 47.0 Å². The second kappa shape index (κ2) is 7.08. The van der Waals surface area contributed by atoms with Crippen molar-refractivity contribution >= 4 is 27.9 Å². The Labute approximate surface area is 148 Å². The van der Waals surface area contributed by atoms with Crippen LogP contribution in [0.3, 0.4) is 0 Å². The molecular weight excluding hydrogens is 342 g/mol.